The Morgan fingerprint density at radius 1 is 1.48 bits per heavy atom. The molecular weight excluding hydrogens is 264 g/mol. The molecule has 4 nitrogen and oxygen atoms in total. The van der Waals surface area contributed by atoms with Crippen molar-refractivity contribution in [2.24, 2.45) is 0 Å². The monoisotopic (exact) mass is 284 g/mol. The van der Waals surface area contributed by atoms with Gasteiger partial charge in [0.1, 0.15) is 18.6 Å². The third-order valence-corrected chi connectivity index (χ3v) is 4.13. The van der Waals surface area contributed by atoms with Crippen molar-refractivity contribution in [1.29, 1.82) is 0 Å². The molecule has 0 saturated heterocycles. The number of nitrogens with zero attached hydrogens (tertiary/aromatic N) is 2. The van der Waals surface area contributed by atoms with Gasteiger partial charge in [0.15, 0.2) is 0 Å². The molecule has 1 unspecified atom stereocenters. The number of aryl methyl sites for hydroxylation is 2. The fourth-order valence-corrected chi connectivity index (χ4v) is 2.96. The Kier molecular flexibility index (Phi) is 4.04. The van der Waals surface area contributed by atoms with Crippen molar-refractivity contribution < 1.29 is 9.53 Å². The van der Waals surface area contributed by atoms with Crippen molar-refractivity contribution >= 4 is 6.29 Å². The van der Waals surface area contributed by atoms with E-state index in [0.717, 1.165) is 43.4 Å². The van der Waals surface area contributed by atoms with Crippen LogP contribution in [0.1, 0.15) is 35.4 Å². The Morgan fingerprint density at radius 2 is 2.38 bits per heavy atom. The van der Waals surface area contributed by atoms with E-state index in [2.05, 4.69) is 17.1 Å². The van der Waals surface area contributed by atoms with E-state index in [-0.39, 0.29) is 5.92 Å². The smallest absolute Gasteiger partial charge is 0.127 e. The number of carbonyl (C=O) groups is 1. The van der Waals surface area contributed by atoms with Crippen molar-refractivity contribution in [2.45, 2.75) is 38.6 Å². The van der Waals surface area contributed by atoms with Crippen molar-refractivity contribution in [1.82, 2.24) is 9.55 Å². The van der Waals surface area contributed by atoms with Crippen LogP contribution in [0.5, 0.6) is 5.75 Å². The fourth-order valence-electron chi connectivity index (χ4n) is 2.96. The van der Waals surface area contributed by atoms with Gasteiger partial charge in [0.05, 0.1) is 12.9 Å². The van der Waals surface area contributed by atoms with Gasteiger partial charge in [-0.05, 0) is 48.9 Å². The highest BCUT2D eigenvalue weighted by atomic mass is 16.5. The summed E-state index contributed by atoms with van der Waals surface area (Å²) in [7, 11) is 0. The average molecular weight is 284 g/mol. The Labute approximate surface area is 124 Å². The standard InChI is InChI=1S/C17H20N2O2/c1-13-9-16-14(3-2-4-15(16)11-20)10-17(13)21-8-7-19-6-5-18-12-19/h5-6,9-12,15H,2-4,7-8H2,1H3. The normalized spacial score (nSPS) is 17.3. The van der Waals surface area contributed by atoms with Crippen molar-refractivity contribution in [2.75, 3.05) is 6.61 Å². The zero-order chi connectivity index (χ0) is 14.7. The summed E-state index contributed by atoms with van der Waals surface area (Å²) in [6, 6.07) is 4.24. The van der Waals surface area contributed by atoms with Crippen LogP contribution in [0.15, 0.2) is 30.9 Å². The summed E-state index contributed by atoms with van der Waals surface area (Å²) < 4.78 is 7.90. The van der Waals surface area contributed by atoms with Crippen molar-refractivity contribution in [3.8, 4) is 5.75 Å². The van der Waals surface area contributed by atoms with Gasteiger partial charge in [-0.1, -0.05) is 6.07 Å². The predicted octanol–water partition coefficient (Wildman–Crippen LogP) is 2.89. The van der Waals surface area contributed by atoms with Crippen LogP contribution in [0.4, 0.5) is 0 Å². The number of imidazole rings is 1. The second-order valence-corrected chi connectivity index (χ2v) is 5.60. The highest BCUT2D eigenvalue weighted by Gasteiger charge is 2.21. The van der Waals surface area contributed by atoms with Crippen molar-refractivity contribution in [3.63, 3.8) is 0 Å². The van der Waals surface area contributed by atoms with Crippen LogP contribution >= 0.6 is 0 Å². The lowest BCUT2D eigenvalue weighted by Crippen LogP contribution is -2.13. The first-order valence-corrected chi connectivity index (χ1v) is 7.45. The molecular formula is C17H20N2O2. The zero-order valence-electron chi connectivity index (χ0n) is 12.3. The molecule has 1 aromatic carbocycles. The first kappa shape index (κ1) is 13.9. The number of fused-ring (bicyclic) bond motifs is 1. The lowest BCUT2D eigenvalue weighted by molar-refractivity contribution is -0.109. The molecule has 1 aliphatic rings. The highest BCUT2D eigenvalue weighted by Crippen LogP contribution is 2.34. The maximum absolute atomic E-state index is 11.2. The minimum Gasteiger partial charge on any atom is -0.491 e. The van der Waals surface area contributed by atoms with Crippen LogP contribution in [0.2, 0.25) is 0 Å². The van der Waals surface area contributed by atoms with Gasteiger partial charge in [-0.15, -0.1) is 0 Å². The SMILES string of the molecule is Cc1cc2c(cc1OCCn1ccnc1)CCCC2C=O. The van der Waals surface area contributed by atoms with E-state index in [4.69, 9.17) is 4.74 Å². The van der Waals surface area contributed by atoms with Crippen LogP contribution in [-0.4, -0.2) is 22.4 Å². The van der Waals surface area contributed by atoms with E-state index >= 15 is 0 Å². The molecule has 1 atom stereocenters. The van der Waals surface area contributed by atoms with Gasteiger partial charge in [0, 0.05) is 18.3 Å². The van der Waals surface area contributed by atoms with Crippen LogP contribution in [0.3, 0.4) is 0 Å². The molecule has 21 heavy (non-hydrogen) atoms. The largest absolute Gasteiger partial charge is 0.491 e. The number of hydrogen-bond acceptors (Lipinski definition) is 3. The maximum atomic E-state index is 11.2. The molecule has 110 valence electrons. The summed E-state index contributed by atoms with van der Waals surface area (Å²) in [6.45, 7) is 3.45. The Hall–Kier alpha value is -2.10. The first-order valence-electron chi connectivity index (χ1n) is 7.45. The van der Waals surface area contributed by atoms with Gasteiger partial charge < -0.3 is 14.1 Å². The van der Waals surface area contributed by atoms with E-state index in [9.17, 15) is 4.79 Å². The minimum absolute atomic E-state index is 0.0625. The van der Waals surface area contributed by atoms with E-state index in [1.165, 1.54) is 11.1 Å². The second-order valence-electron chi connectivity index (χ2n) is 5.60. The number of ether oxygens (including phenoxy) is 1. The molecule has 3 rings (SSSR count). The molecule has 1 aromatic heterocycles. The Bertz CT molecular complexity index is 620. The van der Waals surface area contributed by atoms with Gasteiger partial charge in [-0.3, -0.25) is 0 Å². The third-order valence-electron chi connectivity index (χ3n) is 4.13. The lowest BCUT2D eigenvalue weighted by Gasteiger charge is -2.23. The summed E-state index contributed by atoms with van der Waals surface area (Å²) in [6.07, 6.45) is 9.65. The number of carbonyl (C=O) groups excluding carboxylic acids is 1. The third kappa shape index (κ3) is 2.99. The molecule has 4 heteroatoms. The summed E-state index contributed by atoms with van der Waals surface area (Å²) in [5.41, 5.74) is 3.56. The summed E-state index contributed by atoms with van der Waals surface area (Å²) in [5.74, 6) is 0.993. The molecule has 0 saturated carbocycles. The Morgan fingerprint density at radius 3 is 3.14 bits per heavy atom. The van der Waals surface area contributed by atoms with Gasteiger partial charge in [-0.2, -0.15) is 0 Å². The molecule has 0 bridgehead atoms. The number of hydrogen-bond donors (Lipinski definition) is 0. The van der Waals surface area contributed by atoms with Gasteiger partial charge in [-0.25, -0.2) is 4.98 Å². The molecule has 2 aromatic rings. The van der Waals surface area contributed by atoms with E-state index in [1.54, 1.807) is 12.5 Å². The van der Waals surface area contributed by atoms with Crippen LogP contribution in [0.25, 0.3) is 0 Å². The zero-order valence-corrected chi connectivity index (χ0v) is 12.3. The number of benzene rings is 1. The number of aromatic nitrogens is 2. The summed E-state index contributed by atoms with van der Waals surface area (Å²) >= 11 is 0. The molecule has 0 spiro atoms. The van der Waals surface area contributed by atoms with E-state index in [0.29, 0.717) is 6.61 Å². The lowest BCUT2D eigenvalue weighted by atomic mass is 9.82. The predicted molar refractivity (Wildman–Crippen MR) is 80.6 cm³/mol. The fraction of sp³-hybridized carbons (Fsp3) is 0.412. The van der Waals surface area contributed by atoms with Gasteiger partial charge in [0.2, 0.25) is 0 Å². The van der Waals surface area contributed by atoms with E-state index in [1.807, 2.05) is 17.7 Å². The molecule has 1 aliphatic carbocycles. The molecule has 0 aliphatic heterocycles. The summed E-state index contributed by atoms with van der Waals surface area (Å²) in [4.78, 5) is 15.2. The minimum atomic E-state index is 0.0625. The summed E-state index contributed by atoms with van der Waals surface area (Å²) in [5, 5.41) is 0. The van der Waals surface area contributed by atoms with Crippen LogP contribution in [0, 0.1) is 6.92 Å². The van der Waals surface area contributed by atoms with E-state index < -0.39 is 0 Å². The quantitative estimate of drug-likeness (QED) is 0.793. The molecule has 0 N–H and O–H groups in total. The highest BCUT2D eigenvalue weighted by molar-refractivity contribution is 5.65. The Balaban J connectivity index is 1.72. The van der Waals surface area contributed by atoms with Crippen LogP contribution < -0.4 is 4.74 Å². The topological polar surface area (TPSA) is 44.1 Å². The molecule has 0 radical (unpaired) electrons. The molecule has 1 heterocycles. The van der Waals surface area contributed by atoms with Crippen molar-refractivity contribution in [3.05, 3.63) is 47.5 Å². The van der Waals surface area contributed by atoms with Crippen LogP contribution in [-0.2, 0) is 17.8 Å². The average Bonchev–Trinajstić information content (AvgIpc) is 3.00. The molecule has 0 fully saturated rings. The number of aldehydes is 1. The first-order chi connectivity index (χ1) is 10.3. The molecule has 0 amide bonds. The van der Waals surface area contributed by atoms with Gasteiger partial charge in [0.25, 0.3) is 0 Å². The van der Waals surface area contributed by atoms with Gasteiger partial charge >= 0.3 is 0 Å². The maximum Gasteiger partial charge on any atom is 0.127 e. The number of rotatable bonds is 5. The second kappa shape index (κ2) is 6.12.